The second-order valence-corrected chi connectivity index (χ2v) is 24.1. The van der Waals surface area contributed by atoms with E-state index in [1.165, 1.54) is 58.1 Å². The van der Waals surface area contributed by atoms with E-state index in [1.54, 1.807) is 41.3 Å². The Morgan fingerprint density at radius 2 is 0.803 bits per heavy atom. The molecule has 26 heteroatoms. The molecule has 0 spiro atoms. The molecule has 3 N–H and O–H groups in total. The van der Waals surface area contributed by atoms with Gasteiger partial charge in [-0.3, -0.25) is 0 Å². The second kappa shape index (κ2) is 27.2. The minimum absolute atomic E-state index is 0.0224. The standard InChI is InChI=1S/C20H24F3N3O2S.C10H13ClO2S.C10H12F3N3.C6H3ClF3N.C4H10N2/c1-19(2,3)15-6-8-16(9-7-15)29(27,28)26-13-11-25(12-14-26)18-17(20(21,22)23)5-4-10-24-18;1-10(2,3)8-4-6-9(7-5-8)14(11,12)13;11-10(12,13)8-2-1-3-15-9(8)16-6-4-14-5-7-16;7-5-4(6(8,9)10)2-1-3-11-5;1-2-6-4-3-5-1/h4-10H,11-14H2,1-3H3;4-7H,1-3H3;1-3,14H,4-7H2;1-3H;5-6H,1-4H2. The van der Waals surface area contributed by atoms with Gasteiger partial charge < -0.3 is 25.8 Å². The van der Waals surface area contributed by atoms with Crippen LogP contribution >= 0.6 is 22.3 Å². The Kier molecular flexibility index (Phi) is 22.8. The minimum Gasteiger partial charge on any atom is -0.354 e. The van der Waals surface area contributed by atoms with Crippen molar-refractivity contribution >= 4 is 53.0 Å². The third kappa shape index (κ3) is 19.6. The maximum atomic E-state index is 13.2. The summed E-state index contributed by atoms with van der Waals surface area (Å²) < 4.78 is 163. The summed E-state index contributed by atoms with van der Waals surface area (Å²) in [6.07, 6.45) is -9.35. The van der Waals surface area contributed by atoms with Gasteiger partial charge in [0.15, 0.2) is 0 Å². The van der Waals surface area contributed by atoms with Gasteiger partial charge in [0.1, 0.15) is 16.8 Å². The topological polar surface area (TPSA) is 153 Å². The van der Waals surface area contributed by atoms with Gasteiger partial charge in [-0.25, -0.2) is 31.8 Å². The molecular weight excluding hydrogens is 1100 g/mol. The van der Waals surface area contributed by atoms with Crippen LogP contribution in [0.25, 0.3) is 0 Å². The van der Waals surface area contributed by atoms with Crippen LogP contribution in [0.2, 0.25) is 5.15 Å². The van der Waals surface area contributed by atoms with E-state index in [4.69, 9.17) is 22.3 Å². The molecule has 3 aliphatic heterocycles. The zero-order chi connectivity index (χ0) is 56.8. The Balaban J connectivity index is 0.000000225. The zero-order valence-electron chi connectivity index (χ0n) is 42.6. The van der Waals surface area contributed by atoms with E-state index in [-0.39, 0.29) is 58.4 Å². The van der Waals surface area contributed by atoms with Crippen molar-refractivity contribution in [2.24, 2.45) is 0 Å². The molecule has 0 amide bonds. The normalized spacial score (nSPS) is 16.1. The maximum absolute atomic E-state index is 13.2. The Morgan fingerprint density at radius 1 is 0.461 bits per heavy atom. The van der Waals surface area contributed by atoms with Crippen LogP contribution in [0.4, 0.5) is 51.1 Å². The number of anilines is 2. The SMILES string of the molecule is C1CNCCN1.CC(C)(C)c1ccc(S(=O)(=O)Cl)cc1.CC(C)(C)c1ccc(S(=O)(=O)N2CCN(c3ncccc3C(F)(F)F)CC2)cc1.FC(F)(F)c1cccnc1Cl.FC(F)(F)c1cccnc1N1CCNCC1. The summed E-state index contributed by atoms with van der Waals surface area (Å²) in [6, 6.07) is 20.1. The number of pyridine rings is 3. The molecule has 6 heterocycles. The first-order chi connectivity index (χ1) is 35.2. The number of alkyl halides is 9. The minimum atomic E-state index is -4.51. The summed E-state index contributed by atoms with van der Waals surface area (Å²) in [5, 5.41) is 9.02. The molecule has 3 saturated heterocycles. The van der Waals surface area contributed by atoms with Crippen molar-refractivity contribution in [3.63, 3.8) is 0 Å². The van der Waals surface area contributed by atoms with E-state index in [1.807, 2.05) is 20.8 Å². The third-order valence-corrected chi connectivity index (χ3v) is 15.1. The van der Waals surface area contributed by atoms with Gasteiger partial charge in [-0.1, -0.05) is 77.4 Å². The van der Waals surface area contributed by atoms with Gasteiger partial charge in [-0.05, 0) is 82.6 Å². The van der Waals surface area contributed by atoms with Crippen LogP contribution in [0.15, 0.2) is 113 Å². The molecule has 76 heavy (non-hydrogen) atoms. The second-order valence-electron chi connectivity index (χ2n) is 19.2. The highest BCUT2D eigenvalue weighted by Gasteiger charge is 2.38. The molecule has 3 aromatic heterocycles. The van der Waals surface area contributed by atoms with E-state index in [0.717, 1.165) is 55.5 Å². The number of aromatic nitrogens is 3. The quantitative estimate of drug-likeness (QED) is 0.0873. The van der Waals surface area contributed by atoms with Gasteiger partial charge in [0.05, 0.1) is 26.5 Å². The molecule has 0 bridgehead atoms. The van der Waals surface area contributed by atoms with Gasteiger partial charge >= 0.3 is 18.5 Å². The van der Waals surface area contributed by atoms with E-state index < -0.39 is 59.4 Å². The Morgan fingerprint density at radius 3 is 1.13 bits per heavy atom. The van der Waals surface area contributed by atoms with Crippen molar-refractivity contribution in [3.05, 3.63) is 136 Å². The number of nitrogens with one attached hydrogen (secondary N) is 3. The third-order valence-electron chi connectivity index (χ3n) is 11.5. The lowest BCUT2D eigenvalue weighted by atomic mass is 9.87. The Labute approximate surface area is 448 Å². The smallest absolute Gasteiger partial charge is 0.354 e. The molecule has 0 aliphatic carbocycles. The lowest BCUT2D eigenvalue weighted by molar-refractivity contribution is -0.138. The summed E-state index contributed by atoms with van der Waals surface area (Å²) in [5.74, 6) is -0.122. The largest absolute Gasteiger partial charge is 0.419 e. The first kappa shape index (κ1) is 63.7. The monoisotopic (exact) mass is 1160 g/mol. The molecule has 3 fully saturated rings. The maximum Gasteiger partial charge on any atom is 0.419 e. The van der Waals surface area contributed by atoms with Crippen LogP contribution in [0.3, 0.4) is 0 Å². The zero-order valence-corrected chi connectivity index (χ0v) is 45.7. The molecule has 2 aromatic carbocycles. The van der Waals surface area contributed by atoms with Crippen molar-refractivity contribution < 1.29 is 56.3 Å². The highest BCUT2D eigenvalue weighted by Crippen LogP contribution is 2.37. The first-order valence-electron chi connectivity index (χ1n) is 23.7. The molecule has 3 aliphatic rings. The fourth-order valence-electron chi connectivity index (χ4n) is 7.35. The van der Waals surface area contributed by atoms with Gasteiger partial charge in [0.25, 0.3) is 9.05 Å². The summed E-state index contributed by atoms with van der Waals surface area (Å²) in [4.78, 5) is 14.5. The number of halogens is 11. The molecule has 0 atom stereocenters. The van der Waals surface area contributed by atoms with Crippen LogP contribution in [0.5, 0.6) is 0 Å². The number of piperazine rings is 3. The molecule has 13 nitrogen and oxygen atoms in total. The number of sulfonamides is 1. The molecule has 0 saturated carbocycles. The average molecular weight is 1160 g/mol. The molecule has 0 unspecified atom stereocenters. The van der Waals surface area contributed by atoms with Crippen molar-refractivity contribution in [2.45, 2.75) is 80.7 Å². The van der Waals surface area contributed by atoms with Gasteiger partial charge in [0, 0.05) is 108 Å². The van der Waals surface area contributed by atoms with Crippen molar-refractivity contribution in [2.75, 3.05) is 88.3 Å². The highest BCUT2D eigenvalue weighted by atomic mass is 35.7. The number of benzene rings is 2. The fourth-order valence-corrected chi connectivity index (χ4v) is 9.77. The Bertz CT molecular complexity index is 2810. The number of hydrogen-bond donors (Lipinski definition) is 3. The summed E-state index contributed by atoms with van der Waals surface area (Å²) in [6.45, 7) is 19.8. The van der Waals surface area contributed by atoms with Gasteiger partial charge in [-0.15, -0.1) is 0 Å². The number of rotatable bonds is 5. The molecule has 420 valence electrons. The van der Waals surface area contributed by atoms with E-state index in [2.05, 4.69) is 51.7 Å². The highest BCUT2D eigenvalue weighted by molar-refractivity contribution is 8.13. The number of hydrogen-bond acceptors (Lipinski definition) is 12. The fraction of sp³-hybridized carbons (Fsp3) is 0.460. The molecule has 0 radical (unpaired) electrons. The average Bonchev–Trinajstić information content (AvgIpc) is 3.36. The summed E-state index contributed by atoms with van der Waals surface area (Å²) in [5.41, 5.74) is -0.327. The number of nitrogens with zero attached hydrogens (tertiary/aromatic N) is 6. The lowest BCUT2D eigenvalue weighted by Crippen LogP contribution is -2.49. The van der Waals surface area contributed by atoms with Gasteiger partial charge in [0.2, 0.25) is 10.0 Å². The molecular formula is C50H62Cl2F9N9O4S2. The van der Waals surface area contributed by atoms with Crippen LogP contribution < -0.4 is 25.8 Å². The van der Waals surface area contributed by atoms with Gasteiger partial charge in [-0.2, -0.15) is 43.8 Å². The summed E-state index contributed by atoms with van der Waals surface area (Å²) >= 11 is 5.18. The summed E-state index contributed by atoms with van der Waals surface area (Å²) in [7, 11) is -2.10. The first-order valence-corrected chi connectivity index (χ1v) is 27.8. The van der Waals surface area contributed by atoms with E-state index in [9.17, 15) is 56.3 Å². The van der Waals surface area contributed by atoms with E-state index in [0.29, 0.717) is 26.2 Å². The predicted octanol–water partition coefficient (Wildman–Crippen LogP) is 10.3. The van der Waals surface area contributed by atoms with Crippen LogP contribution in [-0.4, -0.2) is 115 Å². The van der Waals surface area contributed by atoms with Crippen molar-refractivity contribution in [3.8, 4) is 0 Å². The van der Waals surface area contributed by atoms with Crippen LogP contribution in [-0.2, 0) is 48.4 Å². The van der Waals surface area contributed by atoms with E-state index >= 15 is 0 Å². The molecule has 8 rings (SSSR count). The predicted molar refractivity (Wildman–Crippen MR) is 278 cm³/mol. The van der Waals surface area contributed by atoms with Crippen LogP contribution in [0.1, 0.15) is 69.4 Å². The van der Waals surface area contributed by atoms with Crippen molar-refractivity contribution in [1.82, 2.24) is 35.2 Å². The molecule has 5 aromatic rings. The van der Waals surface area contributed by atoms with Crippen LogP contribution in [0, 0.1) is 0 Å². The van der Waals surface area contributed by atoms with Crippen molar-refractivity contribution in [1.29, 1.82) is 0 Å². The Hall–Kier alpha value is -4.82. The lowest BCUT2D eigenvalue weighted by Gasteiger charge is -2.35.